The van der Waals surface area contributed by atoms with Gasteiger partial charge in [0.2, 0.25) is 0 Å². The fourth-order valence-corrected chi connectivity index (χ4v) is 5.17. The van der Waals surface area contributed by atoms with E-state index in [0.29, 0.717) is 40.2 Å². The summed E-state index contributed by atoms with van der Waals surface area (Å²) < 4.78 is 4.72. The first kappa shape index (κ1) is 25.1. The van der Waals surface area contributed by atoms with Crippen LogP contribution in [0, 0.1) is 35.3 Å². The van der Waals surface area contributed by atoms with Crippen molar-refractivity contribution in [3.63, 3.8) is 0 Å². The minimum absolute atomic E-state index is 0.0329. The number of nitriles is 1. The van der Waals surface area contributed by atoms with Crippen molar-refractivity contribution in [1.29, 1.82) is 5.26 Å². The zero-order valence-electron chi connectivity index (χ0n) is 21.6. The third-order valence-corrected chi connectivity index (χ3v) is 7.06. The summed E-state index contributed by atoms with van der Waals surface area (Å²) in [6, 6.07) is 9.47. The fraction of sp³-hybridized carbons (Fsp3) is 0.370. The van der Waals surface area contributed by atoms with Gasteiger partial charge in [-0.3, -0.25) is 9.36 Å². The van der Waals surface area contributed by atoms with Gasteiger partial charge in [0.15, 0.2) is 5.52 Å². The van der Waals surface area contributed by atoms with Crippen LogP contribution in [-0.4, -0.2) is 44.9 Å². The molecule has 1 aromatic carbocycles. The molecule has 0 bridgehead atoms. The first-order valence-electron chi connectivity index (χ1n) is 12.5. The Hall–Kier alpha value is -4.61. The molecule has 1 N–H and O–H groups in total. The summed E-state index contributed by atoms with van der Waals surface area (Å²) in [6.45, 7) is 6.17. The molecule has 0 radical (unpaired) electrons. The molecule has 5 rings (SSSR count). The molecule has 0 spiro atoms. The molecule has 11 heteroatoms. The van der Waals surface area contributed by atoms with E-state index in [0.717, 1.165) is 24.1 Å². The Morgan fingerprint density at radius 1 is 1.16 bits per heavy atom. The van der Waals surface area contributed by atoms with Crippen molar-refractivity contribution in [2.24, 2.45) is 7.05 Å². The summed E-state index contributed by atoms with van der Waals surface area (Å²) >= 11 is 0. The van der Waals surface area contributed by atoms with Gasteiger partial charge in [0, 0.05) is 26.7 Å². The van der Waals surface area contributed by atoms with Crippen molar-refractivity contribution in [3.05, 3.63) is 67.4 Å². The zero-order valence-corrected chi connectivity index (χ0v) is 21.6. The number of rotatable bonds is 4. The fourth-order valence-electron chi connectivity index (χ4n) is 5.17. The van der Waals surface area contributed by atoms with Crippen molar-refractivity contribution in [3.8, 4) is 17.9 Å². The third kappa shape index (κ3) is 3.98. The Bertz CT molecular complexity index is 1790. The summed E-state index contributed by atoms with van der Waals surface area (Å²) in [5.41, 5.74) is 0.543. The van der Waals surface area contributed by atoms with E-state index in [1.165, 1.54) is 11.6 Å². The number of fused-ring (bicyclic) bond motifs is 2. The van der Waals surface area contributed by atoms with E-state index in [9.17, 15) is 20.1 Å². The highest BCUT2D eigenvalue weighted by Gasteiger charge is 2.29. The van der Waals surface area contributed by atoms with E-state index in [1.54, 1.807) is 30.5 Å². The molecule has 194 valence electrons. The van der Waals surface area contributed by atoms with Gasteiger partial charge in [-0.2, -0.15) is 5.26 Å². The second-order valence-electron chi connectivity index (χ2n) is 9.27. The lowest BCUT2D eigenvalue weighted by Crippen LogP contribution is -2.44. The minimum atomic E-state index is -0.630. The highest BCUT2D eigenvalue weighted by molar-refractivity contribution is 5.90. The molecule has 38 heavy (non-hydrogen) atoms. The van der Waals surface area contributed by atoms with Crippen LogP contribution >= 0.6 is 0 Å². The van der Waals surface area contributed by atoms with E-state index in [1.807, 2.05) is 12.1 Å². The summed E-state index contributed by atoms with van der Waals surface area (Å²) in [4.78, 5) is 34.0. The van der Waals surface area contributed by atoms with Crippen LogP contribution in [-0.2, 0) is 20.1 Å². The van der Waals surface area contributed by atoms with Gasteiger partial charge >= 0.3 is 11.5 Å². The molecule has 1 aliphatic heterocycles. The molecule has 1 fully saturated rings. The number of aromatic nitrogens is 5. The Kier molecular flexibility index (Phi) is 6.62. The Labute approximate surface area is 218 Å². The maximum Gasteiger partial charge on any atom is 0.331 e. The number of para-hydroxylation sites is 1. The molecule has 0 amide bonds. The molecule has 3 aromatic heterocycles. The normalized spacial score (nSPS) is 13.8. The highest BCUT2D eigenvalue weighted by atomic mass is 16.5. The summed E-state index contributed by atoms with van der Waals surface area (Å²) in [5, 5.41) is 27.3. The number of hydrogen-bond acceptors (Lipinski definition) is 7. The van der Waals surface area contributed by atoms with Gasteiger partial charge < -0.3 is 20.0 Å². The number of nitrogens with one attached hydrogen (secondary N) is 1. The van der Waals surface area contributed by atoms with Crippen molar-refractivity contribution in [1.82, 2.24) is 24.0 Å². The van der Waals surface area contributed by atoms with Crippen LogP contribution in [0.2, 0.25) is 0 Å². The van der Waals surface area contributed by atoms with Crippen LogP contribution in [0.15, 0.2) is 33.9 Å². The Morgan fingerprint density at radius 2 is 1.95 bits per heavy atom. The second-order valence-corrected chi connectivity index (χ2v) is 9.27. The summed E-state index contributed by atoms with van der Waals surface area (Å²) in [5.74, 6) is 6.49. The maximum absolute atomic E-state index is 14.0. The molecule has 0 unspecified atom stereocenters. The highest BCUT2D eigenvalue weighted by Crippen LogP contribution is 2.30. The first-order chi connectivity index (χ1) is 18.4. The number of hydrogen-bond donors (Lipinski definition) is 1. The van der Waals surface area contributed by atoms with Gasteiger partial charge in [-0.05, 0) is 43.9 Å². The topological polar surface area (TPSA) is 128 Å². The second kappa shape index (κ2) is 10.0. The van der Waals surface area contributed by atoms with Gasteiger partial charge in [0.1, 0.15) is 35.2 Å². The monoisotopic (exact) mass is 512 g/mol. The molecule has 0 aliphatic carbocycles. The SMILES string of the molecule is CC#CCn1c(N2CCCNCC2)c(C#N)c2c1c(=O)n(Cc1nc3ccccc3c(C)[n+]1[O-])c(=O)n2C. The quantitative estimate of drug-likeness (QED) is 0.243. The number of aryl methyl sites for hydroxylation is 2. The van der Waals surface area contributed by atoms with Crippen molar-refractivity contribution in [2.75, 3.05) is 31.1 Å². The van der Waals surface area contributed by atoms with Crippen LogP contribution in [0.1, 0.15) is 30.4 Å². The van der Waals surface area contributed by atoms with Crippen LogP contribution in [0.5, 0.6) is 0 Å². The summed E-state index contributed by atoms with van der Waals surface area (Å²) in [6.07, 6.45) is 0.867. The average molecular weight is 513 g/mol. The molecule has 4 aromatic rings. The molecule has 0 saturated carbocycles. The minimum Gasteiger partial charge on any atom is -0.710 e. The predicted molar refractivity (Wildman–Crippen MR) is 144 cm³/mol. The van der Waals surface area contributed by atoms with Gasteiger partial charge in [-0.1, -0.05) is 18.1 Å². The molecule has 11 nitrogen and oxygen atoms in total. The van der Waals surface area contributed by atoms with E-state index in [2.05, 4.69) is 33.1 Å². The molecule has 1 aliphatic rings. The molecule has 1 saturated heterocycles. The lowest BCUT2D eigenvalue weighted by atomic mass is 10.2. The number of benzene rings is 1. The van der Waals surface area contributed by atoms with Gasteiger partial charge in [-0.15, -0.1) is 5.92 Å². The van der Waals surface area contributed by atoms with Crippen LogP contribution in [0.3, 0.4) is 0 Å². The van der Waals surface area contributed by atoms with E-state index >= 15 is 0 Å². The van der Waals surface area contributed by atoms with Gasteiger partial charge in [-0.25, -0.2) is 14.1 Å². The van der Waals surface area contributed by atoms with Crippen LogP contribution in [0.25, 0.3) is 21.9 Å². The van der Waals surface area contributed by atoms with Gasteiger partial charge in [0.25, 0.3) is 5.56 Å². The van der Waals surface area contributed by atoms with Crippen molar-refractivity contribution in [2.45, 2.75) is 33.4 Å². The zero-order chi connectivity index (χ0) is 27.0. The standard InChI is InChI=1S/C27H28N8O3/c1-4-5-14-33-24-23(20(16-28)25(33)32-13-8-11-29-12-15-32)31(3)27(37)34(26(24)36)17-22-30-21-10-7-6-9-19(21)18(2)35(22)38/h6-7,9-10,29H,8,11-15,17H2,1-3H3. The van der Waals surface area contributed by atoms with Crippen molar-refractivity contribution < 1.29 is 4.73 Å². The van der Waals surface area contributed by atoms with E-state index in [-0.39, 0.29) is 35.5 Å². The van der Waals surface area contributed by atoms with Crippen molar-refractivity contribution >= 4 is 27.8 Å². The Balaban J connectivity index is 1.79. The Morgan fingerprint density at radius 3 is 2.71 bits per heavy atom. The van der Waals surface area contributed by atoms with Crippen LogP contribution < -0.4 is 26.2 Å². The smallest absolute Gasteiger partial charge is 0.331 e. The largest absolute Gasteiger partial charge is 0.710 e. The van der Waals surface area contributed by atoms with Gasteiger partial charge in [0.05, 0.1) is 17.4 Å². The lowest BCUT2D eigenvalue weighted by Gasteiger charge is -2.24. The van der Waals surface area contributed by atoms with Crippen LogP contribution in [0.4, 0.5) is 5.82 Å². The molecule has 4 heterocycles. The third-order valence-electron chi connectivity index (χ3n) is 7.06. The van der Waals surface area contributed by atoms with E-state index in [4.69, 9.17) is 0 Å². The number of anilines is 1. The molecule has 0 atom stereocenters. The summed E-state index contributed by atoms with van der Waals surface area (Å²) in [7, 11) is 1.54. The maximum atomic E-state index is 14.0. The molecular formula is C27H28N8O3. The first-order valence-corrected chi connectivity index (χ1v) is 12.5. The predicted octanol–water partition coefficient (Wildman–Crippen LogP) is 0.735. The number of nitrogens with zero attached hydrogens (tertiary/aromatic N) is 7. The van der Waals surface area contributed by atoms with E-state index < -0.39 is 11.2 Å². The lowest BCUT2D eigenvalue weighted by molar-refractivity contribution is -0.623. The average Bonchev–Trinajstić information content (AvgIpc) is 3.04. The molecular weight excluding hydrogens is 484 g/mol.